The second-order valence-corrected chi connectivity index (χ2v) is 5.74. The van der Waals surface area contributed by atoms with Crippen molar-refractivity contribution in [1.29, 1.82) is 0 Å². The van der Waals surface area contributed by atoms with Crippen molar-refractivity contribution in [2.24, 2.45) is 11.3 Å². The average Bonchev–Trinajstić information content (AvgIpc) is 2.76. The molecule has 0 saturated carbocycles. The molecule has 0 bridgehead atoms. The molecular weight excluding hydrogens is 220 g/mol. The monoisotopic (exact) mass is 244 g/mol. The van der Waals surface area contributed by atoms with Crippen molar-refractivity contribution >= 4 is 17.7 Å². The highest BCUT2D eigenvalue weighted by atomic mass is 32.2. The minimum absolute atomic E-state index is 0.140. The molecule has 1 aliphatic rings. The van der Waals surface area contributed by atoms with E-state index in [1.54, 1.807) is 0 Å². The van der Waals surface area contributed by atoms with E-state index in [-0.39, 0.29) is 11.3 Å². The van der Waals surface area contributed by atoms with Crippen molar-refractivity contribution in [2.45, 2.75) is 26.7 Å². The van der Waals surface area contributed by atoms with Crippen LogP contribution < -0.4 is 10.6 Å². The van der Waals surface area contributed by atoms with Crippen molar-refractivity contribution in [3.05, 3.63) is 0 Å². The Morgan fingerprint density at radius 3 is 2.88 bits per heavy atom. The second kappa shape index (κ2) is 6.50. The molecule has 0 spiro atoms. The highest BCUT2D eigenvalue weighted by Gasteiger charge is 2.39. The summed E-state index contributed by atoms with van der Waals surface area (Å²) in [6.07, 6.45) is 4.02. The van der Waals surface area contributed by atoms with Crippen LogP contribution >= 0.6 is 11.8 Å². The van der Waals surface area contributed by atoms with Crippen LogP contribution in [0.15, 0.2) is 0 Å². The summed E-state index contributed by atoms with van der Waals surface area (Å²) in [4.78, 5) is 12.1. The van der Waals surface area contributed by atoms with Crippen LogP contribution in [0.2, 0.25) is 0 Å². The van der Waals surface area contributed by atoms with Crippen LogP contribution in [0.25, 0.3) is 0 Å². The molecule has 3 nitrogen and oxygen atoms in total. The number of carbonyl (C=O) groups is 1. The number of amides is 1. The van der Waals surface area contributed by atoms with Crippen molar-refractivity contribution < 1.29 is 4.79 Å². The Balaban J connectivity index is 2.38. The topological polar surface area (TPSA) is 41.1 Å². The molecule has 0 aromatic rings. The van der Waals surface area contributed by atoms with E-state index in [0.717, 1.165) is 38.2 Å². The Morgan fingerprint density at radius 2 is 2.38 bits per heavy atom. The number of carbonyl (C=O) groups excluding carboxylic acids is 1. The highest BCUT2D eigenvalue weighted by molar-refractivity contribution is 7.98. The van der Waals surface area contributed by atoms with Gasteiger partial charge in [-0.1, -0.05) is 13.8 Å². The minimum atomic E-state index is -0.140. The first-order chi connectivity index (χ1) is 7.64. The number of rotatable bonds is 6. The highest BCUT2D eigenvalue weighted by Crippen LogP contribution is 2.29. The first-order valence-corrected chi connectivity index (χ1v) is 7.52. The van der Waals surface area contributed by atoms with Gasteiger partial charge in [0.25, 0.3) is 0 Å². The lowest BCUT2D eigenvalue weighted by molar-refractivity contribution is -0.130. The average molecular weight is 244 g/mol. The van der Waals surface area contributed by atoms with Gasteiger partial charge in [0.05, 0.1) is 5.41 Å². The summed E-state index contributed by atoms with van der Waals surface area (Å²) in [6, 6.07) is 0. The molecule has 0 aromatic heterocycles. The fourth-order valence-electron chi connectivity index (χ4n) is 2.20. The van der Waals surface area contributed by atoms with Gasteiger partial charge >= 0.3 is 0 Å². The van der Waals surface area contributed by atoms with Gasteiger partial charge in [-0.15, -0.1) is 0 Å². The van der Waals surface area contributed by atoms with Gasteiger partial charge in [0, 0.05) is 13.1 Å². The molecule has 0 radical (unpaired) electrons. The zero-order valence-electron chi connectivity index (χ0n) is 10.6. The Morgan fingerprint density at radius 1 is 1.62 bits per heavy atom. The number of hydrogen-bond acceptors (Lipinski definition) is 3. The molecule has 1 heterocycles. The van der Waals surface area contributed by atoms with E-state index >= 15 is 0 Å². The minimum Gasteiger partial charge on any atom is -0.355 e. The zero-order valence-corrected chi connectivity index (χ0v) is 11.5. The Bertz CT molecular complexity index is 227. The predicted octanol–water partition coefficient (Wildman–Crippen LogP) is 1.49. The molecule has 16 heavy (non-hydrogen) atoms. The number of hydrogen-bond donors (Lipinski definition) is 2. The molecule has 1 amide bonds. The molecule has 1 saturated heterocycles. The van der Waals surface area contributed by atoms with E-state index in [4.69, 9.17) is 0 Å². The molecule has 94 valence electrons. The summed E-state index contributed by atoms with van der Waals surface area (Å²) in [5.41, 5.74) is -0.140. The predicted molar refractivity (Wildman–Crippen MR) is 70.8 cm³/mol. The molecule has 2 unspecified atom stereocenters. The van der Waals surface area contributed by atoms with E-state index in [9.17, 15) is 4.79 Å². The van der Waals surface area contributed by atoms with Gasteiger partial charge in [-0.2, -0.15) is 11.8 Å². The summed E-state index contributed by atoms with van der Waals surface area (Å²) in [7, 11) is 0. The van der Waals surface area contributed by atoms with Crippen molar-refractivity contribution in [2.75, 3.05) is 31.6 Å². The van der Waals surface area contributed by atoms with Gasteiger partial charge in [-0.3, -0.25) is 4.79 Å². The summed E-state index contributed by atoms with van der Waals surface area (Å²) >= 11 is 1.83. The molecule has 2 atom stereocenters. The molecule has 0 aliphatic carbocycles. The van der Waals surface area contributed by atoms with Gasteiger partial charge in [0.1, 0.15) is 0 Å². The lowest BCUT2D eigenvalue weighted by Gasteiger charge is -2.26. The second-order valence-electron chi connectivity index (χ2n) is 4.83. The van der Waals surface area contributed by atoms with Crippen LogP contribution in [-0.2, 0) is 4.79 Å². The molecule has 4 heteroatoms. The summed E-state index contributed by atoms with van der Waals surface area (Å²) in [5, 5.41) is 6.40. The van der Waals surface area contributed by atoms with E-state index in [1.165, 1.54) is 0 Å². The lowest BCUT2D eigenvalue weighted by Crippen LogP contribution is -2.43. The smallest absolute Gasteiger partial charge is 0.227 e. The van der Waals surface area contributed by atoms with Crippen LogP contribution in [0.4, 0.5) is 0 Å². The van der Waals surface area contributed by atoms with Crippen LogP contribution in [-0.4, -0.2) is 37.6 Å². The van der Waals surface area contributed by atoms with E-state index in [0.29, 0.717) is 5.92 Å². The summed E-state index contributed by atoms with van der Waals surface area (Å²) in [6.45, 7) is 6.91. The van der Waals surface area contributed by atoms with Gasteiger partial charge in [0.15, 0.2) is 0 Å². The third-order valence-corrected chi connectivity index (χ3v) is 4.37. The number of nitrogens with one attached hydrogen (secondary N) is 2. The van der Waals surface area contributed by atoms with Crippen LogP contribution in [0.5, 0.6) is 0 Å². The number of thioether (sulfide) groups is 1. The first kappa shape index (κ1) is 13.8. The Kier molecular flexibility index (Phi) is 5.62. The standard InChI is InChI=1S/C12H24N2OS/c1-4-12(5-6-13-9-12)11(15)14-7-10(2)8-16-3/h10,13H,4-9H2,1-3H3,(H,14,15). The third-order valence-electron chi connectivity index (χ3n) is 3.46. The molecule has 1 aliphatic heterocycles. The molecule has 1 fully saturated rings. The quantitative estimate of drug-likeness (QED) is 0.744. The van der Waals surface area contributed by atoms with Crippen LogP contribution in [0.3, 0.4) is 0 Å². The SMILES string of the molecule is CCC1(C(=O)NCC(C)CSC)CCNC1. The maximum Gasteiger partial charge on any atom is 0.227 e. The van der Waals surface area contributed by atoms with Crippen molar-refractivity contribution in [3.8, 4) is 0 Å². The van der Waals surface area contributed by atoms with Gasteiger partial charge in [-0.05, 0) is 37.3 Å². The van der Waals surface area contributed by atoms with Crippen LogP contribution in [0.1, 0.15) is 26.7 Å². The fourth-order valence-corrected chi connectivity index (χ4v) is 2.88. The summed E-state index contributed by atoms with van der Waals surface area (Å²) in [5.74, 6) is 1.91. The van der Waals surface area contributed by atoms with Crippen molar-refractivity contribution in [3.63, 3.8) is 0 Å². The normalized spacial score (nSPS) is 26.7. The lowest BCUT2D eigenvalue weighted by atomic mass is 9.83. The van der Waals surface area contributed by atoms with Gasteiger partial charge < -0.3 is 10.6 Å². The van der Waals surface area contributed by atoms with Gasteiger partial charge in [0.2, 0.25) is 5.91 Å². The zero-order chi connectivity index (χ0) is 12.0. The molecule has 2 N–H and O–H groups in total. The summed E-state index contributed by atoms with van der Waals surface area (Å²) < 4.78 is 0. The molecular formula is C12H24N2OS. The Labute approximate surface area is 103 Å². The van der Waals surface area contributed by atoms with Gasteiger partial charge in [-0.25, -0.2) is 0 Å². The first-order valence-electron chi connectivity index (χ1n) is 6.12. The van der Waals surface area contributed by atoms with Crippen LogP contribution in [0, 0.1) is 11.3 Å². The Hall–Kier alpha value is -0.220. The van der Waals surface area contributed by atoms with E-state index in [2.05, 4.69) is 30.7 Å². The maximum absolute atomic E-state index is 12.1. The fraction of sp³-hybridized carbons (Fsp3) is 0.917. The molecule has 1 rings (SSSR count). The largest absolute Gasteiger partial charge is 0.355 e. The van der Waals surface area contributed by atoms with E-state index < -0.39 is 0 Å². The molecule has 0 aromatic carbocycles. The third kappa shape index (κ3) is 3.39. The van der Waals surface area contributed by atoms with E-state index in [1.807, 2.05) is 11.8 Å². The maximum atomic E-state index is 12.1. The van der Waals surface area contributed by atoms with Crippen molar-refractivity contribution in [1.82, 2.24) is 10.6 Å².